The van der Waals surface area contributed by atoms with Crippen molar-refractivity contribution in [2.75, 3.05) is 20.0 Å². The largest absolute Gasteiger partial charge is 0.493 e. The lowest BCUT2D eigenvalue weighted by atomic mass is 10.2. The number of nitrogen functional groups attached to an aromatic ring is 1. The summed E-state index contributed by atoms with van der Waals surface area (Å²) in [4.78, 5) is 4.44. The van der Waals surface area contributed by atoms with E-state index in [1.54, 1.807) is 26.4 Å². The zero-order valence-electron chi connectivity index (χ0n) is 12.9. The Morgan fingerprint density at radius 1 is 0.913 bits per heavy atom. The number of aromatic nitrogens is 1. The maximum absolute atomic E-state index is 5.97. The van der Waals surface area contributed by atoms with E-state index >= 15 is 0 Å². The first-order valence-corrected chi connectivity index (χ1v) is 7.00. The molecular weight excluding hydrogens is 292 g/mol. The molecule has 6 heteroatoms. The van der Waals surface area contributed by atoms with E-state index in [9.17, 15) is 0 Å². The minimum absolute atomic E-state index is 0.451. The third-order valence-electron chi connectivity index (χ3n) is 3.38. The van der Waals surface area contributed by atoms with Crippen LogP contribution in [0.2, 0.25) is 0 Å². The fourth-order valence-electron chi connectivity index (χ4n) is 2.19. The van der Waals surface area contributed by atoms with Gasteiger partial charge in [0.05, 0.1) is 25.4 Å². The molecular formula is C17H16N4O2. The summed E-state index contributed by atoms with van der Waals surface area (Å²) in [5.74, 6) is 1.60. The van der Waals surface area contributed by atoms with Crippen LogP contribution in [0.25, 0.3) is 10.9 Å². The van der Waals surface area contributed by atoms with Crippen LogP contribution in [0.5, 0.6) is 11.5 Å². The Bertz CT molecular complexity index is 878. The van der Waals surface area contributed by atoms with Gasteiger partial charge in [0.15, 0.2) is 17.3 Å². The second-order valence-electron chi connectivity index (χ2n) is 4.83. The van der Waals surface area contributed by atoms with Crippen LogP contribution in [0, 0.1) is 0 Å². The monoisotopic (exact) mass is 308 g/mol. The van der Waals surface area contributed by atoms with E-state index in [1.807, 2.05) is 36.4 Å². The molecule has 0 atom stereocenters. The van der Waals surface area contributed by atoms with Crippen LogP contribution in [0.15, 0.2) is 58.8 Å². The molecule has 3 aromatic rings. The van der Waals surface area contributed by atoms with Crippen molar-refractivity contribution in [3.8, 4) is 11.5 Å². The topological polar surface area (TPSA) is 82.1 Å². The number of hydrogen-bond acceptors (Lipinski definition) is 6. The summed E-state index contributed by atoms with van der Waals surface area (Å²) in [5.41, 5.74) is 7.78. The summed E-state index contributed by atoms with van der Waals surface area (Å²) in [6.45, 7) is 0. The molecule has 23 heavy (non-hydrogen) atoms. The number of azo groups is 1. The van der Waals surface area contributed by atoms with Crippen molar-refractivity contribution in [3.63, 3.8) is 0 Å². The first-order valence-electron chi connectivity index (χ1n) is 7.00. The van der Waals surface area contributed by atoms with Gasteiger partial charge in [-0.05, 0) is 18.2 Å². The van der Waals surface area contributed by atoms with Crippen molar-refractivity contribution < 1.29 is 9.47 Å². The number of anilines is 1. The summed E-state index contributed by atoms with van der Waals surface area (Å²) in [6, 6.07) is 14.9. The van der Waals surface area contributed by atoms with Gasteiger partial charge in [-0.25, -0.2) is 4.98 Å². The summed E-state index contributed by atoms with van der Waals surface area (Å²) in [6.07, 6.45) is 0. The smallest absolute Gasteiger partial charge is 0.174 e. The highest BCUT2D eigenvalue weighted by atomic mass is 16.5. The molecule has 0 aliphatic rings. The van der Waals surface area contributed by atoms with E-state index in [1.165, 1.54) is 0 Å². The lowest BCUT2D eigenvalue weighted by molar-refractivity contribution is 0.355. The Morgan fingerprint density at radius 2 is 1.65 bits per heavy atom. The molecule has 0 saturated carbocycles. The van der Waals surface area contributed by atoms with Crippen LogP contribution in [0.3, 0.4) is 0 Å². The van der Waals surface area contributed by atoms with Crippen molar-refractivity contribution in [3.05, 3.63) is 48.5 Å². The quantitative estimate of drug-likeness (QED) is 0.577. The Kier molecular flexibility index (Phi) is 4.05. The van der Waals surface area contributed by atoms with Gasteiger partial charge in [-0.2, -0.15) is 0 Å². The Balaban J connectivity index is 1.94. The van der Waals surface area contributed by atoms with Crippen molar-refractivity contribution >= 4 is 28.1 Å². The molecule has 0 spiro atoms. The molecule has 0 aliphatic heterocycles. The van der Waals surface area contributed by atoms with Crippen molar-refractivity contribution in [1.82, 2.24) is 4.98 Å². The minimum atomic E-state index is 0.451. The molecule has 3 rings (SSSR count). The fraction of sp³-hybridized carbons (Fsp3) is 0.118. The molecule has 2 aromatic carbocycles. The lowest BCUT2D eigenvalue weighted by Crippen LogP contribution is -1.93. The first kappa shape index (κ1) is 14.8. The standard InChI is InChI=1S/C17H16N4O2/c1-22-15-9-12(18)14(10-16(15)23-2)20-21-17-8-7-11-5-3-4-6-13(11)19-17/h3-10H,18H2,1-2H3. The van der Waals surface area contributed by atoms with Crippen molar-refractivity contribution in [2.24, 2.45) is 10.2 Å². The van der Waals surface area contributed by atoms with E-state index in [0.717, 1.165) is 10.9 Å². The molecule has 0 bridgehead atoms. The molecule has 6 nitrogen and oxygen atoms in total. The molecule has 0 radical (unpaired) electrons. The van der Waals surface area contributed by atoms with Gasteiger partial charge in [-0.3, -0.25) is 0 Å². The normalized spacial score (nSPS) is 11.0. The second-order valence-corrected chi connectivity index (χ2v) is 4.83. The van der Waals surface area contributed by atoms with Gasteiger partial charge in [0.1, 0.15) is 5.69 Å². The highest BCUT2D eigenvalue weighted by Gasteiger charge is 2.08. The number of benzene rings is 2. The van der Waals surface area contributed by atoms with Gasteiger partial charge in [-0.15, -0.1) is 10.2 Å². The van der Waals surface area contributed by atoms with Crippen LogP contribution < -0.4 is 15.2 Å². The van der Waals surface area contributed by atoms with Gasteiger partial charge < -0.3 is 15.2 Å². The summed E-state index contributed by atoms with van der Waals surface area (Å²) in [7, 11) is 3.11. The fourth-order valence-corrected chi connectivity index (χ4v) is 2.19. The number of ether oxygens (including phenoxy) is 2. The summed E-state index contributed by atoms with van der Waals surface area (Å²) in [5, 5.41) is 9.38. The molecule has 1 aromatic heterocycles. The van der Waals surface area contributed by atoms with E-state index in [-0.39, 0.29) is 0 Å². The van der Waals surface area contributed by atoms with E-state index in [4.69, 9.17) is 15.2 Å². The number of fused-ring (bicyclic) bond motifs is 1. The predicted molar refractivity (Wildman–Crippen MR) is 89.9 cm³/mol. The second kappa shape index (κ2) is 6.31. The zero-order valence-corrected chi connectivity index (χ0v) is 12.9. The molecule has 0 aliphatic carbocycles. The lowest BCUT2D eigenvalue weighted by Gasteiger charge is -2.09. The third-order valence-corrected chi connectivity index (χ3v) is 3.38. The Labute approximate surface area is 133 Å². The number of methoxy groups -OCH3 is 2. The highest BCUT2D eigenvalue weighted by molar-refractivity contribution is 5.79. The number of nitrogens with zero attached hydrogens (tertiary/aromatic N) is 3. The molecule has 1 heterocycles. The van der Waals surface area contributed by atoms with E-state index in [0.29, 0.717) is 28.7 Å². The molecule has 0 unspecified atom stereocenters. The SMILES string of the molecule is COc1cc(N)c(N=Nc2ccc3ccccc3n2)cc1OC. The molecule has 0 amide bonds. The van der Waals surface area contributed by atoms with Gasteiger partial charge in [-0.1, -0.05) is 18.2 Å². The first-order chi connectivity index (χ1) is 11.2. The molecule has 0 fully saturated rings. The number of rotatable bonds is 4. The predicted octanol–water partition coefficient (Wildman–Crippen LogP) is 4.25. The zero-order chi connectivity index (χ0) is 16.2. The van der Waals surface area contributed by atoms with Crippen LogP contribution in [-0.2, 0) is 0 Å². The molecule has 0 saturated heterocycles. The maximum atomic E-state index is 5.97. The average molecular weight is 308 g/mol. The highest BCUT2D eigenvalue weighted by Crippen LogP contribution is 2.36. The average Bonchev–Trinajstić information content (AvgIpc) is 2.60. The van der Waals surface area contributed by atoms with Crippen molar-refractivity contribution in [1.29, 1.82) is 0 Å². The van der Waals surface area contributed by atoms with Crippen LogP contribution in [0.4, 0.5) is 17.2 Å². The Morgan fingerprint density at radius 3 is 2.43 bits per heavy atom. The molecule has 2 N–H and O–H groups in total. The van der Waals surface area contributed by atoms with Gasteiger partial charge in [0, 0.05) is 17.5 Å². The molecule has 116 valence electrons. The Hall–Kier alpha value is -3.15. The van der Waals surface area contributed by atoms with Crippen LogP contribution >= 0.6 is 0 Å². The third kappa shape index (κ3) is 3.06. The van der Waals surface area contributed by atoms with Crippen molar-refractivity contribution in [2.45, 2.75) is 0 Å². The summed E-state index contributed by atoms with van der Waals surface area (Å²) >= 11 is 0. The van der Waals surface area contributed by atoms with Gasteiger partial charge in [0.25, 0.3) is 0 Å². The number of pyridine rings is 1. The van der Waals surface area contributed by atoms with Gasteiger partial charge >= 0.3 is 0 Å². The van der Waals surface area contributed by atoms with Crippen LogP contribution in [0.1, 0.15) is 0 Å². The van der Waals surface area contributed by atoms with E-state index in [2.05, 4.69) is 15.2 Å². The van der Waals surface area contributed by atoms with Gasteiger partial charge in [0.2, 0.25) is 0 Å². The number of hydrogen-bond donors (Lipinski definition) is 1. The summed E-state index contributed by atoms with van der Waals surface area (Å²) < 4.78 is 10.4. The number of nitrogens with two attached hydrogens (primary N) is 1. The van der Waals surface area contributed by atoms with E-state index < -0.39 is 0 Å². The van der Waals surface area contributed by atoms with Crippen LogP contribution in [-0.4, -0.2) is 19.2 Å². The maximum Gasteiger partial charge on any atom is 0.174 e. The minimum Gasteiger partial charge on any atom is -0.493 e. The number of para-hydroxylation sites is 1.